The van der Waals surface area contributed by atoms with Crippen molar-refractivity contribution in [2.75, 3.05) is 13.7 Å². The van der Waals surface area contributed by atoms with E-state index in [1.54, 1.807) is 0 Å². The molecule has 1 aromatic carbocycles. The van der Waals surface area contributed by atoms with Crippen molar-refractivity contribution in [1.82, 2.24) is 0 Å². The average molecular weight is 556 g/mol. The second-order valence-electron chi connectivity index (χ2n) is 7.29. The van der Waals surface area contributed by atoms with Crippen molar-refractivity contribution in [2.45, 2.75) is 36.8 Å². The third kappa shape index (κ3) is 9.08. The van der Waals surface area contributed by atoms with E-state index in [0.29, 0.717) is 5.56 Å². The maximum Gasteiger partial charge on any atom is 0.369 e. The number of ether oxygens (including phenoxy) is 2. The van der Waals surface area contributed by atoms with Crippen molar-refractivity contribution in [2.24, 2.45) is 5.73 Å². The van der Waals surface area contributed by atoms with Crippen LogP contribution in [0.2, 0.25) is 0 Å². The number of aliphatic hydroxyl groups is 1. The molecular formula is C18H26N2O14P2. The fourth-order valence-corrected chi connectivity index (χ4v) is 4.85. The smallest absolute Gasteiger partial charge is 0.369 e. The molecule has 1 rings (SSSR count). The minimum Gasteiger partial charge on any atom is -0.493 e. The molecule has 0 aliphatic rings. The molecule has 0 radical (unpaired) electrons. The van der Waals surface area contributed by atoms with Gasteiger partial charge in [-0.1, -0.05) is 12.1 Å². The van der Waals surface area contributed by atoms with E-state index in [4.69, 9.17) is 34.8 Å². The topological polar surface area (TPSA) is 266 Å². The van der Waals surface area contributed by atoms with Gasteiger partial charge in [-0.05, 0) is 36.6 Å². The van der Waals surface area contributed by atoms with E-state index in [9.17, 15) is 33.9 Å². The molecule has 0 bridgehead atoms. The van der Waals surface area contributed by atoms with Crippen LogP contribution in [0.5, 0.6) is 11.5 Å². The molecule has 1 aromatic rings. The zero-order valence-corrected chi connectivity index (χ0v) is 20.6. The minimum atomic E-state index is -5.67. The van der Waals surface area contributed by atoms with Crippen LogP contribution in [0.3, 0.4) is 0 Å². The number of rotatable bonds is 15. The predicted octanol–water partition coefficient (Wildman–Crippen LogP) is 0.280. The van der Waals surface area contributed by atoms with Crippen LogP contribution in [-0.4, -0.2) is 66.4 Å². The molecule has 18 heteroatoms. The second kappa shape index (κ2) is 13.0. The van der Waals surface area contributed by atoms with Crippen LogP contribution < -0.4 is 15.2 Å². The van der Waals surface area contributed by atoms with E-state index in [0.717, 1.165) is 6.08 Å². The number of carbonyl (C=O) groups is 2. The van der Waals surface area contributed by atoms with Crippen molar-refractivity contribution < 1.29 is 62.8 Å². The van der Waals surface area contributed by atoms with E-state index in [2.05, 4.69) is 4.84 Å². The number of ketones is 1. The van der Waals surface area contributed by atoms with E-state index in [-0.39, 0.29) is 30.9 Å². The lowest BCUT2D eigenvalue weighted by molar-refractivity contribution is -0.757. The summed E-state index contributed by atoms with van der Waals surface area (Å²) >= 11 is 0. The largest absolute Gasteiger partial charge is 0.493 e. The van der Waals surface area contributed by atoms with Gasteiger partial charge >= 0.3 is 21.2 Å². The predicted molar refractivity (Wildman–Crippen MR) is 121 cm³/mol. The SMILES string of the molecule is COc1cc(/C=C/C(=O)C(N)CCC(O)(P(=O)(O)O)P(=O)(O)O)ccc1OC(=O)CCCO[N+](=O)[O-]. The molecule has 0 aliphatic carbocycles. The third-order valence-corrected chi connectivity index (χ3v) is 8.54. The number of methoxy groups -OCH3 is 1. The van der Waals surface area contributed by atoms with E-state index >= 15 is 0 Å². The zero-order chi connectivity index (χ0) is 27.7. The van der Waals surface area contributed by atoms with Crippen LogP contribution in [0, 0.1) is 10.1 Å². The fraction of sp³-hybridized carbons (Fsp3) is 0.444. The standard InChI is InChI=1S/C18H26N2O14P2/c1-32-16-11-12(5-7-15(16)34-17(22)3-2-10-33-20(24)25)4-6-14(21)13(19)8-9-18(23,35(26,27)28)36(29,30)31/h4-7,11,13,23H,2-3,8-10,19H2,1H3,(H2,26,27,28)(H2,29,30,31)/b6-4+. The molecule has 0 amide bonds. The van der Waals surface area contributed by atoms with Crippen LogP contribution in [0.15, 0.2) is 24.3 Å². The summed E-state index contributed by atoms with van der Waals surface area (Å²) in [4.78, 5) is 74.8. The molecule has 0 fully saturated rings. The van der Waals surface area contributed by atoms with E-state index in [1.165, 1.54) is 31.4 Å². The molecule has 0 saturated heterocycles. The lowest BCUT2D eigenvalue weighted by Gasteiger charge is -2.29. The Hall–Kier alpha value is -2.68. The highest BCUT2D eigenvalue weighted by Gasteiger charge is 2.58. The number of hydrogen-bond donors (Lipinski definition) is 6. The molecule has 0 spiro atoms. The first kappa shape index (κ1) is 31.4. The first-order valence-corrected chi connectivity index (χ1v) is 13.2. The highest BCUT2D eigenvalue weighted by molar-refractivity contribution is 7.72. The van der Waals surface area contributed by atoms with Crippen LogP contribution in [0.1, 0.15) is 31.2 Å². The van der Waals surface area contributed by atoms with Gasteiger partial charge in [-0.3, -0.25) is 18.7 Å². The first-order chi connectivity index (χ1) is 16.5. The summed E-state index contributed by atoms with van der Waals surface area (Å²) in [5.74, 6) is -1.33. The first-order valence-electron chi connectivity index (χ1n) is 9.99. The Labute approximate surface area is 204 Å². The van der Waals surface area contributed by atoms with Gasteiger partial charge in [0.15, 0.2) is 17.3 Å². The van der Waals surface area contributed by atoms with Crippen molar-refractivity contribution >= 4 is 33.0 Å². The molecule has 202 valence electrons. The number of benzene rings is 1. The summed E-state index contributed by atoms with van der Waals surface area (Å²) < 4.78 is 33.0. The highest BCUT2D eigenvalue weighted by Crippen LogP contribution is 2.69. The van der Waals surface area contributed by atoms with Gasteiger partial charge < -0.3 is 44.7 Å². The maximum absolute atomic E-state index is 12.2. The Morgan fingerprint density at radius 2 is 1.81 bits per heavy atom. The summed E-state index contributed by atoms with van der Waals surface area (Å²) in [7, 11) is -10.1. The molecule has 0 heterocycles. The van der Waals surface area contributed by atoms with Gasteiger partial charge in [0.2, 0.25) is 0 Å². The van der Waals surface area contributed by atoms with Gasteiger partial charge in [0, 0.05) is 12.8 Å². The molecule has 1 atom stereocenters. The Bertz CT molecular complexity index is 1060. The molecule has 16 nitrogen and oxygen atoms in total. The number of esters is 1. The van der Waals surface area contributed by atoms with E-state index in [1.807, 2.05) is 0 Å². The van der Waals surface area contributed by atoms with Gasteiger partial charge in [-0.25, -0.2) is 0 Å². The Morgan fingerprint density at radius 3 is 2.33 bits per heavy atom. The summed E-state index contributed by atoms with van der Waals surface area (Å²) in [6.45, 7) is -0.281. The van der Waals surface area contributed by atoms with Gasteiger partial charge in [-0.15, -0.1) is 10.1 Å². The summed E-state index contributed by atoms with van der Waals surface area (Å²) in [5, 5.41) is 15.3. The molecule has 1 unspecified atom stereocenters. The summed E-state index contributed by atoms with van der Waals surface area (Å²) in [6, 6.07) is 2.74. The summed E-state index contributed by atoms with van der Waals surface area (Å²) in [6.07, 6.45) is 0.363. The number of carbonyl (C=O) groups excluding carboxylic acids is 2. The molecular weight excluding hydrogens is 530 g/mol. The van der Waals surface area contributed by atoms with E-state index < -0.39 is 56.0 Å². The van der Waals surface area contributed by atoms with Crippen molar-refractivity contribution in [1.29, 1.82) is 0 Å². The molecule has 0 aromatic heterocycles. The van der Waals surface area contributed by atoms with Gasteiger partial charge in [0.05, 0.1) is 19.8 Å². The number of hydrogen-bond acceptors (Lipinski definition) is 11. The third-order valence-electron chi connectivity index (χ3n) is 4.66. The minimum absolute atomic E-state index is 0.0343. The van der Waals surface area contributed by atoms with Gasteiger partial charge in [-0.2, -0.15) is 0 Å². The van der Waals surface area contributed by atoms with Crippen LogP contribution >= 0.6 is 15.2 Å². The van der Waals surface area contributed by atoms with Crippen molar-refractivity contribution in [3.05, 3.63) is 40.0 Å². The maximum atomic E-state index is 12.2. The van der Waals surface area contributed by atoms with Crippen LogP contribution in [0.4, 0.5) is 0 Å². The Kier molecular flexibility index (Phi) is 11.4. The van der Waals surface area contributed by atoms with Crippen LogP contribution in [0.25, 0.3) is 6.08 Å². The number of nitrogens with two attached hydrogens (primary N) is 1. The lowest BCUT2D eigenvalue weighted by atomic mass is 10.1. The van der Waals surface area contributed by atoms with Crippen molar-refractivity contribution in [3.63, 3.8) is 0 Å². The fourth-order valence-electron chi connectivity index (χ4n) is 2.66. The number of nitrogens with zero attached hydrogens (tertiary/aromatic N) is 1. The monoisotopic (exact) mass is 556 g/mol. The lowest BCUT2D eigenvalue weighted by Crippen LogP contribution is -2.35. The molecule has 36 heavy (non-hydrogen) atoms. The average Bonchev–Trinajstić information content (AvgIpc) is 2.77. The van der Waals surface area contributed by atoms with Crippen LogP contribution in [-0.2, 0) is 23.6 Å². The van der Waals surface area contributed by atoms with Gasteiger partial charge in [0.1, 0.15) is 0 Å². The molecule has 0 saturated carbocycles. The highest BCUT2D eigenvalue weighted by atomic mass is 31.2. The molecule has 7 N–H and O–H groups in total. The normalized spacial score (nSPS) is 13.3. The molecule has 0 aliphatic heterocycles. The van der Waals surface area contributed by atoms with Crippen molar-refractivity contribution in [3.8, 4) is 11.5 Å². The zero-order valence-electron chi connectivity index (χ0n) is 18.8. The second-order valence-corrected chi connectivity index (χ2v) is 11.3. The Balaban J connectivity index is 2.80. The van der Waals surface area contributed by atoms with Gasteiger partial charge in [0.25, 0.3) is 10.2 Å². The summed E-state index contributed by atoms with van der Waals surface area (Å²) in [5.41, 5.74) is 6.01. The quantitative estimate of drug-likeness (QED) is 0.0322. The Morgan fingerprint density at radius 1 is 1.19 bits per heavy atom.